The minimum absolute atomic E-state index is 0.133. The lowest BCUT2D eigenvalue weighted by atomic mass is 10.3. The van der Waals surface area contributed by atoms with Gasteiger partial charge in [0, 0.05) is 33.7 Å². The van der Waals surface area contributed by atoms with Crippen molar-refractivity contribution in [2.45, 2.75) is 6.54 Å². The first-order valence-corrected chi connectivity index (χ1v) is 6.93. The van der Waals surface area contributed by atoms with Gasteiger partial charge in [-0.1, -0.05) is 0 Å². The van der Waals surface area contributed by atoms with E-state index in [1.54, 1.807) is 35.4 Å². The Morgan fingerprint density at radius 2 is 2.33 bits per heavy atom. The number of aromatic nitrogens is 1. The van der Waals surface area contributed by atoms with Crippen LogP contribution in [0, 0.1) is 0 Å². The number of carbonyl (C=O) groups excluding carboxylic acids is 1. The molecule has 0 aliphatic carbocycles. The molecular weight excluding hydrogens is 314 g/mol. The number of nitrogen functional groups attached to an aromatic ring is 1. The number of thiophene rings is 1. The van der Waals surface area contributed by atoms with Crippen LogP contribution < -0.4 is 5.73 Å². The van der Waals surface area contributed by atoms with Crippen LogP contribution in [0.2, 0.25) is 0 Å². The molecular formula is C12H12BrN3OS. The van der Waals surface area contributed by atoms with E-state index in [0.717, 1.165) is 9.35 Å². The second kappa shape index (κ2) is 5.49. The molecule has 2 heterocycles. The molecule has 0 atom stereocenters. The zero-order valence-corrected chi connectivity index (χ0v) is 12.2. The SMILES string of the molecule is CN(Cc1cc(Br)cs1)C(=O)c1cc(N)ccn1. The van der Waals surface area contributed by atoms with Gasteiger partial charge in [0.25, 0.3) is 5.91 Å². The Labute approximate surface area is 118 Å². The molecule has 2 N–H and O–H groups in total. The highest BCUT2D eigenvalue weighted by Gasteiger charge is 2.14. The number of hydrogen-bond acceptors (Lipinski definition) is 4. The zero-order chi connectivity index (χ0) is 13.1. The van der Waals surface area contributed by atoms with Crippen molar-refractivity contribution < 1.29 is 4.79 Å². The number of hydrogen-bond donors (Lipinski definition) is 1. The van der Waals surface area contributed by atoms with Crippen molar-refractivity contribution in [1.29, 1.82) is 0 Å². The van der Waals surface area contributed by atoms with E-state index >= 15 is 0 Å². The van der Waals surface area contributed by atoms with Crippen molar-refractivity contribution in [1.82, 2.24) is 9.88 Å². The summed E-state index contributed by atoms with van der Waals surface area (Å²) in [5.74, 6) is -0.133. The number of rotatable bonds is 3. The number of anilines is 1. The van der Waals surface area contributed by atoms with Gasteiger partial charge in [-0.05, 0) is 34.1 Å². The Morgan fingerprint density at radius 3 is 2.94 bits per heavy atom. The monoisotopic (exact) mass is 325 g/mol. The Bertz CT molecular complexity index is 570. The normalized spacial score (nSPS) is 10.3. The minimum atomic E-state index is -0.133. The zero-order valence-electron chi connectivity index (χ0n) is 9.76. The molecule has 2 rings (SSSR count). The lowest BCUT2D eigenvalue weighted by Gasteiger charge is -2.15. The molecule has 94 valence electrons. The summed E-state index contributed by atoms with van der Waals surface area (Å²) in [6.07, 6.45) is 1.54. The Balaban J connectivity index is 2.09. The molecule has 0 saturated carbocycles. The molecule has 1 amide bonds. The number of nitrogens with zero attached hydrogens (tertiary/aromatic N) is 2. The summed E-state index contributed by atoms with van der Waals surface area (Å²) in [7, 11) is 1.75. The van der Waals surface area contributed by atoms with E-state index in [0.29, 0.717) is 17.9 Å². The first kappa shape index (κ1) is 13.0. The second-order valence-electron chi connectivity index (χ2n) is 3.87. The molecule has 0 unspecified atom stereocenters. The summed E-state index contributed by atoms with van der Waals surface area (Å²) in [6.45, 7) is 0.561. The number of pyridine rings is 1. The molecule has 2 aromatic rings. The van der Waals surface area contributed by atoms with E-state index in [4.69, 9.17) is 5.73 Å². The lowest BCUT2D eigenvalue weighted by molar-refractivity contribution is 0.0780. The predicted molar refractivity (Wildman–Crippen MR) is 76.5 cm³/mol. The van der Waals surface area contributed by atoms with Crippen molar-refractivity contribution in [2.24, 2.45) is 0 Å². The first-order valence-electron chi connectivity index (χ1n) is 5.26. The van der Waals surface area contributed by atoms with Crippen molar-refractivity contribution in [3.05, 3.63) is 44.8 Å². The van der Waals surface area contributed by atoms with Crippen molar-refractivity contribution >= 4 is 38.9 Å². The summed E-state index contributed by atoms with van der Waals surface area (Å²) in [6, 6.07) is 5.25. The maximum absolute atomic E-state index is 12.1. The molecule has 18 heavy (non-hydrogen) atoms. The van der Waals surface area contributed by atoms with Gasteiger partial charge in [-0.2, -0.15) is 0 Å². The van der Waals surface area contributed by atoms with Crippen LogP contribution in [0.3, 0.4) is 0 Å². The fourth-order valence-electron chi connectivity index (χ4n) is 1.50. The van der Waals surface area contributed by atoms with E-state index in [1.807, 2.05) is 11.4 Å². The quantitative estimate of drug-likeness (QED) is 0.943. The average molecular weight is 326 g/mol. The van der Waals surface area contributed by atoms with E-state index in [2.05, 4.69) is 20.9 Å². The van der Waals surface area contributed by atoms with Crippen LogP contribution in [0.15, 0.2) is 34.2 Å². The van der Waals surface area contributed by atoms with Crippen LogP contribution >= 0.6 is 27.3 Å². The molecule has 0 saturated heterocycles. The molecule has 0 spiro atoms. The highest BCUT2D eigenvalue weighted by molar-refractivity contribution is 9.10. The summed E-state index contributed by atoms with van der Waals surface area (Å²) < 4.78 is 1.03. The largest absolute Gasteiger partial charge is 0.399 e. The predicted octanol–water partition coefficient (Wildman–Crippen LogP) is 2.76. The standard InChI is InChI=1S/C12H12BrN3OS/c1-16(6-10-4-8(13)7-18-10)12(17)11-5-9(14)2-3-15-11/h2-5,7H,6H2,1H3,(H2,14,15). The smallest absolute Gasteiger partial charge is 0.272 e. The van der Waals surface area contributed by atoms with Gasteiger partial charge in [-0.15, -0.1) is 11.3 Å². The summed E-state index contributed by atoms with van der Waals surface area (Å²) in [5, 5.41) is 1.99. The summed E-state index contributed by atoms with van der Waals surface area (Å²) in [4.78, 5) is 18.9. The highest BCUT2D eigenvalue weighted by atomic mass is 79.9. The fraction of sp³-hybridized carbons (Fsp3) is 0.167. The molecule has 6 heteroatoms. The van der Waals surface area contributed by atoms with Crippen LogP contribution in [0.25, 0.3) is 0 Å². The second-order valence-corrected chi connectivity index (χ2v) is 5.78. The maximum Gasteiger partial charge on any atom is 0.272 e. The number of amides is 1. The van der Waals surface area contributed by atoms with Gasteiger partial charge in [0.15, 0.2) is 0 Å². The summed E-state index contributed by atoms with van der Waals surface area (Å²) >= 11 is 5.00. The summed E-state index contributed by atoms with van der Waals surface area (Å²) in [5.41, 5.74) is 6.55. The molecule has 0 fully saturated rings. The van der Waals surface area contributed by atoms with Crippen LogP contribution in [0.4, 0.5) is 5.69 Å². The first-order chi connectivity index (χ1) is 8.56. The van der Waals surface area contributed by atoms with Gasteiger partial charge >= 0.3 is 0 Å². The molecule has 2 aromatic heterocycles. The molecule has 0 radical (unpaired) electrons. The minimum Gasteiger partial charge on any atom is -0.399 e. The molecule has 0 aliphatic rings. The van der Waals surface area contributed by atoms with Crippen molar-refractivity contribution in [3.63, 3.8) is 0 Å². The Hall–Kier alpha value is -1.40. The third-order valence-corrected chi connectivity index (χ3v) is 4.05. The van der Waals surface area contributed by atoms with Crippen molar-refractivity contribution in [2.75, 3.05) is 12.8 Å². The van der Waals surface area contributed by atoms with Crippen LogP contribution in [-0.2, 0) is 6.54 Å². The molecule has 0 aliphatic heterocycles. The van der Waals surface area contributed by atoms with Crippen LogP contribution in [0.1, 0.15) is 15.4 Å². The highest BCUT2D eigenvalue weighted by Crippen LogP contribution is 2.21. The molecule has 0 bridgehead atoms. The van der Waals surface area contributed by atoms with E-state index in [1.165, 1.54) is 6.20 Å². The molecule has 0 aromatic carbocycles. The van der Waals surface area contributed by atoms with E-state index < -0.39 is 0 Å². The van der Waals surface area contributed by atoms with Gasteiger partial charge in [0.2, 0.25) is 0 Å². The number of nitrogens with two attached hydrogens (primary N) is 1. The van der Waals surface area contributed by atoms with Crippen molar-refractivity contribution in [3.8, 4) is 0 Å². The van der Waals surface area contributed by atoms with Gasteiger partial charge in [0.05, 0.1) is 6.54 Å². The lowest BCUT2D eigenvalue weighted by Crippen LogP contribution is -2.26. The van der Waals surface area contributed by atoms with Gasteiger partial charge in [-0.3, -0.25) is 9.78 Å². The van der Waals surface area contributed by atoms with Gasteiger partial charge < -0.3 is 10.6 Å². The third kappa shape index (κ3) is 3.08. The van der Waals surface area contributed by atoms with Gasteiger partial charge in [-0.25, -0.2) is 0 Å². The Morgan fingerprint density at radius 1 is 1.56 bits per heavy atom. The van der Waals surface area contributed by atoms with Crippen LogP contribution in [-0.4, -0.2) is 22.8 Å². The average Bonchev–Trinajstić information content (AvgIpc) is 2.73. The number of carbonyl (C=O) groups is 1. The van der Waals surface area contributed by atoms with Gasteiger partial charge in [0.1, 0.15) is 5.69 Å². The third-order valence-electron chi connectivity index (χ3n) is 2.36. The number of halogens is 1. The maximum atomic E-state index is 12.1. The molecule has 4 nitrogen and oxygen atoms in total. The van der Waals surface area contributed by atoms with Crippen LogP contribution in [0.5, 0.6) is 0 Å². The van der Waals surface area contributed by atoms with E-state index in [9.17, 15) is 4.79 Å². The van der Waals surface area contributed by atoms with E-state index in [-0.39, 0.29) is 5.91 Å². The topological polar surface area (TPSA) is 59.2 Å². The fourth-order valence-corrected chi connectivity index (χ4v) is 3.01. The Kier molecular flexibility index (Phi) is 3.98.